The molecule has 0 saturated carbocycles. The first-order valence-corrected chi connectivity index (χ1v) is 8.44. The summed E-state index contributed by atoms with van der Waals surface area (Å²) in [7, 11) is 0. The SMILES string of the molecule is [2H]C1([2H])OC([2H])([2H])C([2H])([2H])N(CC(=O)Nc2cc3cc(-c4cnc(C)s4)ccc3nn2)C1([2H])[2H]. The number of thiazole rings is 1. The molecular weight excluding hydrogens is 350 g/mol. The minimum absolute atomic E-state index is 0.00976. The molecule has 4 rings (SSSR count). The molecule has 1 amide bonds. The fraction of sp³-hybridized carbons (Fsp3) is 0.333. The molecule has 134 valence electrons. The Balaban J connectivity index is 1.58. The van der Waals surface area contributed by atoms with E-state index in [0.29, 0.717) is 10.9 Å². The average molecular weight is 377 g/mol. The van der Waals surface area contributed by atoms with Gasteiger partial charge < -0.3 is 10.1 Å². The predicted octanol–water partition coefficient (Wildman–Crippen LogP) is 2.33. The number of ether oxygens (including phenoxy) is 1. The molecule has 1 aromatic carbocycles. The van der Waals surface area contributed by atoms with E-state index in [4.69, 9.17) is 11.0 Å². The van der Waals surface area contributed by atoms with Crippen LogP contribution >= 0.6 is 11.3 Å². The van der Waals surface area contributed by atoms with Crippen LogP contribution in [0.5, 0.6) is 0 Å². The number of aromatic nitrogens is 3. The summed E-state index contributed by atoms with van der Waals surface area (Å²) >= 11 is 1.52. The zero-order valence-corrected chi connectivity index (χ0v) is 14.4. The fourth-order valence-corrected chi connectivity index (χ4v) is 3.14. The first kappa shape index (κ1) is 10.1. The number of hydrogen-bond donors (Lipinski definition) is 1. The summed E-state index contributed by atoms with van der Waals surface area (Å²) in [5.41, 5.74) is 1.45. The number of fused-ring (bicyclic) bond motifs is 1. The highest BCUT2D eigenvalue weighted by Crippen LogP contribution is 2.28. The van der Waals surface area contributed by atoms with Crippen LogP contribution in [0, 0.1) is 6.92 Å². The van der Waals surface area contributed by atoms with E-state index in [-0.39, 0.29) is 10.7 Å². The smallest absolute Gasteiger partial charge is 0.239 e. The van der Waals surface area contributed by atoms with E-state index in [0.717, 1.165) is 15.4 Å². The maximum Gasteiger partial charge on any atom is 0.239 e. The molecule has 1 aliphatic rings. The van der Waals surface area contributed by atoms with Gasteiger partial charge in [-0.25, -0.2) is 4.98 Å². The topological polar surface area (TPSA) is 80.2 Å². The van der Waals surface area contributed by atoms with Gasteiger partial charge in [0.25, 0.3) is 0 Å². The Morgan fingerprint density at radius 2 is 2.19 bits per heavy atom. The van der Waals surface area contributed by atoms with E-state index in [1.54, 1.807) is 18.3 Å². The Hall–Kier alpha value is -2.42. The van der Waals surface area contributed by atoms with Gasteiger partial charge in [-0.1, -0.05) is 6.07 Å². The highest BCUT2D eigenvalue weighted by atomic mass is 32.1. The fourth-order valence-electron chi connectivity index (χ4n) is 2.37. The second-order valence-corrected chi connectivity index (χ2v) is 6.65. The van der Waals surface area contributed by atoms with Crippen LogP contribution in [0.3, 0.4) is 0 Å². The van der Waals surface area contributed by atoms with Crippen molar-refractivity contribution in [3.05, 3.63) is 35.5 Å². The summed E-state index contributed by atoms with van der Waals surface area (Å²) < 4.78 is 67.2. The molecule has 0 aliphatic carbocycles. The standard InChI is InChI=1S/C18H19N5O2S/c1-12-19-10-16(26-12)13-2-3-15-14(8-13)9-17(22-21-15)20-18(24)11-23-4-6-25-7-5-23/h2-3,8-10H,4-7,11H2,1H3,(H,20,22,24)/i4D2,5D2,6D2,7D2. The first-order chi connectivity index (χ1) is 15.6. The van der Waals surface area contributed by atoms with E-state index >= 15 is 0 Å². The van der Waals surface area contributed by atoms with Gasteiger partial charge in [0.2, 0.25) is 5.91 Å². The van der Waals surface area contributed by atoms with Crippen LogP contribution in [0.4, 0.5) is 5.82 Å². The average Bonchev–Trinajstić information content (AvgIpc) is 3.16. The van der Waals surface area contributed by atoms with E-state index < -0.39 is 38.6 Å². The van der Waals surface area contributed by atoms with Crippen molar-refractivity contribution < 1.29 is 20.5 Å². The lowest BCUT2D eigenvalue weighted by molar-refractivity contribution is -0.118. The Bertz CT molecular complexity index is 1240. The third kappa shape index (κ3) is 3.87. The van der Waals surface area contributed by atoms with Crippen molar-refractivity contribution in [2.75, 3.05) is 38.0 Å². The molecule has 26 heavy (non-hydrogen) atoms. The number of amides is 1. The molecule has 1 fully saturated rings. The monoisotopic (exact) mass is 377 g/mol. The normalized spacial score (nSPS) is 27.6. The van der Waals surface area contributed by atoms with Gasteiger partial charge in [-0.15, -0.1) is 21.5 Å². The van der Waals surface area contributed by atoms with Crippen molar-refractivity contribution >= 4 is 34.0 Å². The van der Waals surface area contributed by atoms with Crippen molar-refractivity contribution in [3.8, 4) is 10.4 Å². The van der Waals surface area contributed by atoms with Gasteiger partial charge in [-0.3, -0.25) is 9.69 Å². The molecule has 1 N–H and O–H groups in total. The van der Waals surface area contributed by atoms with E-state index in [1.807, 2.05) is 19.1 Å². The molecule has 7 nitrogen and oxygen atoms in total. The summed E-state index contributed by atoms with van der Waals surface area (Å²) in [6.45, 7) is -11.9. The lowest BCUT2D eigenvalue weighted by Crippen LogP contribution is -2.41. The van der Waals surface area contributed by atoms with Gasteiger partial charge in [0.15, 0.2) is 5.82 Å². The summed E-state index contributed by atoms with van der Waals surface area (Å²) in [4.78, 5) is 18.0. The summed E-state index contributed by atoms with van der Waals surface area (Å²) in [6, 6.07) is 7.01. The number of rotatable bonds is 4. The molecule has 0 atom stereocenters. The molecule has 1 saturated heterocycles. The van der Waals surface area contributed by atoms with Gasteiger partial charge in [0.1, 0.15) is 0 Å². The third-order valence-electron chi connectivity index (χ3n) is 3.52. The zero-order chi connectivity index (χ0) is 25.1. The van der Waals surface area contributed by atoms with Crippen LogP contribution in [-0.2, 0) is 9.53 Å². The van der Waals surface area contributed by atoms with Crippen LogP contribution in [0.25, 0.3) is 21.3 Å². The molecule has 0 unspecified atom stereocenters. The lowest BCUT2D eigenvalue weighted by atomic mass is 10.1. The van der Waals surface area contributed by atoms with E-state index in [1.165, 1.54) is 11.3 Å². The van der Waals surface area contributed by atoms with Gasteiger partial charge in [-0.05, 0) is 30.7 Å². The van der Waals surface area contributed by atoms with Crippen LogP contribution in [-0.4, -0.2) is 58.6 Å². The minimum Gasteiger partial charge on any atom is -0.379 e. The molecule has 1 aliphatic heterocycles. The van der Waals surface area contributed by atoms with Crippen molar-refractivity contribution in [2.24, 2.45) is 0 Å². The van der Waals surface area contributed by atoms with Gasteiger partial charge in [-0.2, -0.15) is 0 Å². The number of carbonyl (C=O) groups is 1. The van der Waals surface area contributed by atoms with Crippen LogP contribution in [0.15, 0.2) is 30.5 Å². The van der Waals surface area contributed by atoms with Gasteiger partial charge in [0, 0.05) is 30.1 Å². The van der Waals surface area contributed by atoms with Crippen molar-refractivity contribution in [1.82, 2.24) is 20.1 Å². The second kappa shape index (κ2) is 7.45. The van der Waals surface area contributed by atoms with Crippen molar-refractivity contribution in [1.29, 1.82) is 0 Å². The second-order valence-electron chi connectivity index (χ2n) is 5.41. The number of anilines is 1. The van der Waals surface area contributed by atoms with Gasteiger partial charge in [0.05, 0.1) is 40.5 Å². The predicted molar refractivity (Wildman–Crippen MR) is 101 cm³/mol. The number of benzene rings is 1. The maximum atomic E-state index is 12.7. The number of nitrogens with one attached hydrogen (secondary N) is 1. The van der Waals surface area contributed by atoms with Crippen LogP contribution < -0.4 is 5.32 Å². The van der Waals surface area contributed by atoms with E-state index in [2.05, 4.69) is 25.2 Å². The van der Waals surface area contributed by atoms with Gasteiger partial charge >= 0.3 is 0 Å². The quantitative estimate of drug-likeness (QED) is 0.752. The van der Waals surface area contributed by atoms with Crippen LogP contribution in [0.1, 0.15) is 16.0 Å². The number of nitrogens with zero attached hydrogens (tertiary/aromatic N) is 4. The van der Waals surface area contributed by atoms with Crippen molar-refractivity contribution in [3.63, 3.8) is 0 Å². The third-order valence-corrected chi connectivity index (χ3v) is 4.49. The van der Waals surface area contributed by atoms with E-state index in [9.17, 15) is 4.79 Å². The first-order valence-electron chi connectivity index (χ1n) is 11.6. The van der Waals surface area contributed by atoms with Crippen molar-refractivity contribution in [2.45, 2.75) is 6.92 Å². The summed E-state index contributed by atoms with van der Waals surface area (Å²) in [6.07, 6.45) is 1.75. The molecular formula is C18H19N5O2S. The largest absolute Gasteiger partial charge is 0.379 e. The summed E-state index contributed by atoms with van der Waals surface area (Å²) in [5.74, 6) is -0.931. The molecule has 0 spiro atoms. The maximum absolute atomic E-state index is 12.7. The number of carbonyl (C=O) groups excluding carboxylic acids is 1. The highest BCUT2D eigenvalue weighted by molar-refractivity contribution is 7.15. The summed E-state index contributed by atoms with van der Waals surface area (Å²) in [5, 5.41) is 11.9. The molecule has 8 heteroatoms. The highest BCUT2D eigenvalue weighted by Gasteiger charge is 2.15. The molecule has 3 heterocycles. The number of morpholine rings is 1. The molecule has 3 aromatic rings. The minimum atomic E-state index is -3.23. The molecule has 0 radical (unpaired) electrons. The molecule has 0 bridgehead atoms. The Kier molecular flexibility index (Phi) is 2.88. The number of hydrogen-bond acceptors (Lipinski definition) is 7. The Morgan fingerprint density at radius 1 is 1.35 bits per heavy atom. The lowest BCUT2D eigenvalue weighted by Gasteiger charge is -2.25. The zero-order valence-electron chi connectivity index (χ0n) is 21.6. The number of aryl methyl sites for hydroxylation is 1. The Labute approximate surface area is 166 Å². The molecule has 2 aromatic heterocycles. The Morgan fingerprint density at radius 3 is 2.96 bits per heavy atom. The van der Waals surface area contributed by atoms with Crippen LogP contribution in [0.2, 0.25) is 0 Å².